The molecule has 1 aromatic heterocycles. The first-order valence-corrected chi connectivity index (χ1v) is 9.98. The number of rotatable bonds is 6. The van der Waals surface area contributed by atoms with E-state index in [4.69, 9.17) is 0 Å². The maximum Gasteiger partial charge on any atom is 0.254 e. The summed E-state index contributed by atoms with van der Waals surface area (Å²) in [5.74, 6) is 1.61. The summed E-state index contributed by atoms with van der Waals surface area (Å²) in [5, 5.41) is 0. The van der Waals surface area contributed by atoms with Crippen LogP contribution in [0.2, 0.25) is 0 Å². The van der Waals surface area contributed by atoms with E-state index in [1.54, 1.807) is 0 Å². The van der Waals surface area contributed by atoms with Crippen molar-refractivity contribution in [2.24, 2.45) is 0 Å². The molecular weight excluding hydrogens is 336 g/mol. The Labute approximate surface area is 163 Å². The molecule has 0 saturated carbocycles. The van der Waals surface area contributed by atoms with E-state index in [1.165, 1.54) is 5.56 Å². The van der Waals surface area contributed by atoms with Gasteiger partial charge in [-0.15, -0.1) is 0 Å². The molecule has 1 saturated heterocycles. The molecule has 2 aromatic rings. The van der Waals surface area contributed by atoms with Gasteiger partial charge >= 0.3 is 0 Å². The average molecular weight is 369 g/mol. The first-order valence-electron chi connectivity index (χ1n) is 9.98. The third kappa shape index (κ3) is 4.59. The molecule has 0 bridgehead atoms. The van der Waals surface area contributed by atoms with Crippen molar-refractivity contribution in [3.63, 3.8) is 0 Å². The van der Waals surface area contributed by atoms with E-state index in [1.807, 2.05) is 30.2 Å². The fraction of sp³-hybridized carbons (Fsp3) is 0.545. The van der Waals surface area contributed by atoms with Gasteiger partial charge in [0.05, 0.1) is 0 Å². The first-order chi connectivity index (χ1) is 13.0. The second-order valence-electron chi connectivity index (χ2n) is 7.97. The number of nitrogens with zero attached hydrogens (tertiary/aromatic N) is 4. The number of amides is 1. The Morgan fingerprint density at radius 1 is 1.30 bits per heavy atom. The molecule has 2 heterocycles. The number of carbonyl (C=O) groups is 1. The fourth-order valence-corrected chi connectivity index (χ4v) is 3.95. The highest BCUT2D eigenvalue weighted by Crippen LogP contribution is 2.27. The van der Waals surface area contributed by atoms with Crippen LogP contribution < -0.4 is 0 Å². The lowest BCUT2D eigenvalue weighted by molar-refractivity contribution is 0.0702. The third-order valence-corrected chi connectivity index (χ3v) is 5.66. The summed E-state index contributed by atoms with van der Waals surface area (Å²) in [6, 6.07) is 6.00. The Balaban J connectivity index is 1.70. The van der Waals surface area contributed by atoms with Gasteiger partial charge in [-0.05, 0) is 70.9 Å². The van der Waals surface area contributed by atoms with Crippen molar-refractivity contribution in [1.82, 2.24) is 19.4 Å². The maximum absolute atomic E-state index is 13.1. The Morgan fingerprint density at radius 3 is 2.89 bits per heavy atom. The van der Waals surface area contributed by atoms with E-state index in [2.05, 4.69) is 47.7 Å². The summed E-state index contributed by atoms with van der Waals surface area (Å²) >= 11 is 0. The van der Waals surface area contributed by atoms with Gasteiger partial charge < -0.3 is 14.4 Å². The van der Waals surface area contributed by atoms with Crippen LogP contribution in [0.15, 0.2) is 30.6 Å². The normalized spacial score (nSPS) is 17.5. The van der Waals surface area contributed by atoms with Crippen molar-refractivity contribution in [1.29, 1.82) is 0 Å². The minimum Gasteiger partial charge on any atom is -0.338 e. The number of carbonyl (C=O) groups excluding carboxylic acids is 1. The largest absolute Gasteiger partial charge is 0.338 e. The smallest absolute Gasteiger partial charge is 0.254 e. The SMILES string of the molecule is Cc1cccc(C(=O)N2CCCC(c3nccn3CCCN(C)C)C2)c1C. The molecule has 1 aliphatic heterocycles. The molecule has 1 fully saturated rings. The monoisotopic (exact) mass is 368 g/mol. The molecule has 0 radical (unpaired) electrons. The van der Waals surface area contributed by atoms with E-state index in [0.29, 0.717) is 5.92 Å². The minimum atomic E-state index is 0.159. The number of imidazole rings is 1. The van der Waals surface area contributed by atoms with Crippen molar-refractivity contribution in [3.8, 4) is 0 Å². The molecule has 0 N–H and O–H groups in total. The zero-order valence-electron chi connectivity index (χ0n) is 17.1. The van der Waals surface area contributed by atoms with Crippen molar-refractivity contribution in [2.75, 3.05) is 33.7 Å². The Hall–Kier alpha value is -2.14. The highest BCUT2D eigenvalue weighted by atomic mass is 16.2. The molecule has 3 rings (SSSR count). The predicted octanol–water partition coefficient (Wildman–Crippen LogP) is 3.47. The topological polar surface area (TPSA) is 41.4 Å². The minimum absolute atomic E-state index is 0.159. The van der Waals surface area contributed by atoms with Gasteiger partial charge in [0.15, 0.2) is 0 Å². The van der Waals surface area contributed by atoms with Crippen LogP contribution in [0.25, 0.3) is 0 Å². The van der Waals surface area contributed by atoms with Crippen molar-refractivity contribution in [3.05, 3.63) is 53.1 Å². The van der Waals surface area contributed by atoms with E-state index < -0.39 is 0 Å². The summed E-state index contributed by atoms with van der Waals surface area (Å²) in [7, 11) is 4.21. The highest BCUT2D eigenvalue weighted by molar-refractivity contribution is 5.96. The highest BCUT2D eigenvalue weighted by Gasteiger charge is 2.28. The van der Waals surface area contributed by atoms with Crippen LogP contribution >= 0.6 is 0 Å². The van der Waals surface area contributed by atoms with Crippen LogP contribution in [0.3, 0.4) is 0 Å². The Kier molecular flexibility index (Phi) is 6.32. The summed E-state index contributed by atoms with van der Waals surface area (Å²) < 4.78 is 2.28. The van der Waals surface area contributed by atoms with Crippen LogP contribution in [-0.4, -0.2) is 59.0 Å². The molecule has 1 amide bonds. The van der Waals surface area contributed by atoms with Gasteiger partial charge in [-0.3, -0.25) is 4.79 Å². The standard InChI is InChI=1S/C22H32N4O/c1-17-8-5-10-20(18(17)2)22(27)26-13-6-9-19(16-26)21-23-11-15-25(21)14-7-12-24(3)4/h5,8,10-11,15,19H,6-7,9,12-14,16H2,1-4H3. The molecule has 146 valence electrons. The number of likely N-dealkylation sites (tertiary alicyclic amines) is 1. The molecular formula is C22H32N4O. The second-order valence-corrected chi connectivity index (χ2v) is 7.97. The molecule has 0 spiro atoms. The molecule has 0 aliphatic carbocycles. The van der Waals surface area contributed by atoms with Gasteiger partial charge in [0, 0.05) is 43.5 Å². The van der Waals surface area contributed by atoms with E-state index in [9.17, 15) is 4.79 Å². The number of aromatic nitrogens is 2. The van der Waals surface area contributed by atoms with Gasteiger partial charge in [-0.2, -0.15) is 0 Å². The second kappa shape index (κ2) is 8.70. The maximum atomic E-state index is 13.1. The molecule has 27 heavy (non-hydrogen) atoms. The average Bonchev–Trinajstić information content (AvgIpc) is 3.12. The zero-order chi connectivity index (χ0) is 19.4. The van der Waals surface area contributed by atoms with E-state index >= 15 is 0 Å². The summed E-state index contributed by atoms with van der Waals surface area (Å²) in [5.41, 5.74) is 3.10. The number of hydrogen-bond acceptors (Lipinski definition) is 3. The molecule has 5 heteroatoms. The molecule has 1 aliphatic rings. The molecule has 1 unspecified atom stereocenters. The van der Waals surface area contributed by atoms with Crippen molar-refractivity contribution in [2.45, 2.75) is 45.6 Å². The van der Waals surface area contributed by atoms with Gasteiger partial charge in [0.1, 0.15) is 5.82 Å². The lowest BCUT2D eigenvalue weighted by atomic mass is 9.95. The van der Waals surface area contributed by atoms with Crippen LogP contribution in [0.1, 0.15) is 52.5 Å². The predicted molar refractivity (Wildman–Crippen MR) is 109 cm³/mol. The van der Waals surface area contributed by atoms with Crippen LogP contribution in [-0.2, 0) is 6.54 Å². The Morgan fingerprint density at radius 2 is 2.11 bits per heavy atom. The van der Waals surface area contributed by atoms with Crippen molar-refractivity contribution < 1.29 is 4.79 Å². The molecule has 1 aromatic carbocycles. The quantitative estimate of drug-likeness (QED) is 0.784. The van der Waals surface area contributed by atoms with Crippen LogP contribution in [0, 0.1) is 13.8 Å². The van der Waals surface area contributed by atoms with Crippen molar-refractivity contribution >= 4 is 5.91 Å². The van der Waals surface area contributed by atoms with Crippen LogP contribution in [0.4, 0.5) is 0 Å². The lowest BCUT2D eigenvalue weighted by Gasteiger charge is -2.33. The van der Waals surface area contributed by atoms with E-state index in [-0.39, 0.29) is 5.91 Å². The number of piperidine rings is 1. The number of benzene rings is 1. The summed E-state index contributed by atoms with van der Waals surface area (Å²) in [6.07, 6.45) is 7.22. The molecule has 1 atom stereocenters. The Bertz CT molecular complexity index is 780. The number of aryl methyl sites for hydroxylation is 2. The fourth-order valence-electron chi connectivity index (χ4n) is 3.95. The summed E-state index contributed by atoms with van der Waals surface area (Å²) in [4.78, 5) is 22.0. The van der Waals surface area contributed by atoms with Gasteiger partial charge in [-0.1, -0.05) is 12.1 Å². The van der Waals surface area contributed by atoms with Crippen LogP contribution in [0.5, 0.6) is 0 Å². The summed E-state index contributed by atoms with van der Waals surface area (Å²) in [6.45, 7) is 7.76. The van der Waals surface area contributed by atoms with Gasteiger partial charge in [0.2, 0.25) is 0 Å². The first kappa shape index (κ1) is 19.6. The lowest BCUT2D eigenvalue weighted by Crippen LogP contribution is -2.40. The molecule has 5 nitrogen and oxygen atoms in total. The van der Waals surface area contributed by atoms with Gasteiger partial charge in [-0.25, -0.2) is 4.98 Å². The third-order valence-electron chi connectivity index (χ3n) is 5.66. The number of hydrogen-bond donors (Lipinski definition) is 0. The zero-order valence-corrected chi connectivity index (χ0v) is 17.1. The van der Waals surface area contributed by atoms with Gasteiger partial charge in [0.25, 0.3) is 5.91 Å². The van der Waals surface area contributed by atoms with E-state index in [0.717, 1.165) is 62.4 Å².